The number of ether oxygens (including phenoxy) is 1. The fourth-order valence-corrected chi connectivity index (χ4v) is 3.82. The van der Waals surface area contributed by atoms with Crippen LogP contribution in [-0.4, -0.2) is 56.6 Å². The zero-order chi connectivity index (χ0) is 21.0. The van der Waals surface area contributed by atoms with Crippen molar-refractivity contribution in [3.05, 3.63) is 65.2 Å². The molecular formula is C25H34N2O2. The molecule has 0 saturated carbocycles. The highest BCUT2D eigenvalue weighted by atomic mass is 16.5. The van der Waals surface area contributed by atoms with Crippen LogP contribution in [0.25, 0.3) is 0 Å². The fourth-order valence-electron chi connectivity index (χ4n) is 3.82. The van der Waals surface area contributed by atoms with E-state index in [9.17, 15) is 4.79 Å². The third-order valence-electron chi connectivity index (χ3n) is 6.18. The Morgan fingerprint density at radius 2 is 1.62 bits per heavy atom. The molecule has 0 bridgehead atoms. The van der Waals surface area contributed by atoms with Gasteiger partial charge in [0.25, 0.3) is 0 Å². The normalized spacial score (nSPS) is 16.9. The zero-order valence-electron chi connectivity index (χ0n) is 18.4. The number of morpholine rings is 1. The van der Waals surface area contributed by atoms with Gasteiger partial charge in [-0.25, -0.2) is 0 Å². The molecule has 156 valence electrons. The second kappa shape index (κ2) is 9.10. The summed E-state index contributed by atoms with van der Waals surface area (Å²) in [5.41, 5.74) is 3.83. The van der Waals surface area contributed by atoms with E-state index in [1.807, 2.05) is 38.1 Å². The first-order valence-corrected chi connectivity index (χ1v) is 10.5. The Morgan fingerprint density at radius 3 is 2.14 bits per heavy atom. The first-order valence-electron chi connectivity index (χ1n) is 10.5. The van der Waals surface area contributed by atoms with Crippen LogP contribution >= 0.6 is 0 Å². The quantitative estimate of drug-likeness (QED) is 0.652. The van der Waals surface area contributed by atoms with Gasteiger partial charge in [0.2, 0.25) is 0 Å². The third kappa shape index (κ3) is 4.88. The lowest BCUT2D eigenvalue weighted by Crippen LogP contribution is -2.50. The van der Waals surface area contributed by atoms with Crippen molar-refractivity contribution < 1.29 is 9.53 Å². The molecule has 0 aliphatic carbocycles. The van der Waals surface area contributed by atoms with Crippen LogP contribution in [0, 0.1) is 0 Å². The minimum atomic E-state index is -0.597. The molecule has 0 N–H and O–H groups in total. The summed E-state index contributed by atoms with van der Waals surface area (Å²) < 4.78 is 5.43. The van der Waals surface area contributed by atoms with Crippen LogP contribution in [0.5, 0.6) is 0 Å². The van der Waals surface area contributed by atoms with Gasteiger partial charge in [0.15, 0.2) is 5.78 Å². The van der Waals surface area contributed by atoms with E-state index in [4.69, 9.17) is 4.74 Å². The van der Waals surface area contributed by atoms with Crippen molar-refractivity contribution in [1.82, 2.24) is 4.90 Å². The lowest BCUT2D eigenvalue weighted by molar-refractivity contribution is 0.0719. The predicted octanol–water partition coefficient (Wildman–Crippen LogP) is 4.39. The van der Waals surface area contributed by atoms with Crippen LogP contribution in [-0.2, 0) is 11.2 Å². The van der Waals surface area contributed by atoms with Crippen LogP contribution in [0.3, 0.4) is 0 Å². The van der Waals surface area contributed by atoms with Crippen molar-refractivity contribution in [3.63, 3.8) is 0 Å². The molecule has 0 spiro atoms. The molecule has 1 atom stereocenters. The summed E-state index contributed by atoms with van der Waals surface area (Å²) in [6.45, 7) is 9.75. The van der Waals surface area contributed by atoms with E-state index >= 15 is 0 Å². The van der Waals surface area contributed by atoms with Gasteiger partial charge in [-0.2, -0.15) is 0 Å². The Labute approximate surface area is 175 Å². The standard InChI is InChI=1S/C25H34N2O2/c1-19(2)21-8-6-20(7-9-21)18-25(3,26(4)5)24(28)22-10-12-23(13-11-22)27-14-16-29-17-15-27/h6-13,19H,14-18H2,1-5H3. The Balaban J connectivity index is 1.79. The highest BCUT2D eigenvalue weighted by Gasteiger charge is 2.36. The smallest absolute Gasteiger partial charge is 0.183 e. The first-order chi connectivity index (χ1) is 13.8. The number of Topliss-reactive ketones (excluding diaryl/α,β-unsaturated/α-hetero) is 1. The average molecular weight is 395 g/mol. The Kier molecular flexibility index (Phi) is 6.76. The monoisotopic (exact) mass is 394 g/mol. The van der Waals surface area contributed by atoms with Crippen LogP contribution in [0.1, 0.15) is 48.2 Å². The van der Waals surface area contributed by atoms with E-state index in [2.05, 4.69) is 55.1 Å². The largest absolute Gasteiger partial charge is 0.378 e. The molecule has 1 saturated heterocycles. The number of ketones is 1. The van der Waals surface area contributed by atoms with Crippen molar-refractivity contribution in [2.24, 2.45) is 0 Å². The molecule has 1 aliphatic rings. The Bertz CT molecular complexity index is 806. The van der Waals surface area contributed by atoms with E-state index in [-0.39, 0.29) is 5.78 Å². The molecule has 1 unspecified atom stereocenters. The van der Waals surface area contributed by atoms with E-state index in [0.29, 0.717) is 12.3 Å². The molecule has 1 aliphatic heterocycles. The first kappa shape index (κ1) is 21.5. The molecule has 2 aromatic rings. The van der Waals surface area contributed by atoms with Crippen molar-refractivity contribution in [3.8, 4) is 0 Å². The number of nitrogens with zero attached hydrogens (tertiary/aromatic N) is 2. The van der Waals surface area contributed by atoms with Gasteiger partial charge in [0.1, 0.15) is 0 Å². The number of anilines is 1. The minimum absolute atomic E-state index is 0.156. The predicted molar refractivity (Wildman–Crippen MR) is 120 cm³/mol. The summed E-state index contributed by atoms with van der Waals surface area (Å²) >= 11 is 0. The van der Waals surface area contributed by atoms with Crippen molar-refractivity contribution >= 4 is 11.5 Å². The average Bonchev–Trinajstić information content (AvgIpc) is 2.74. The summed E-state index contributed by atoms with van der Waals surface area (Å²) in [7, 11) is 3.98. The molecule has 1 heterocycles. The molecule has 29 heavy (non-hydrogen) atoms. The zero-order valence-corrected chi connectivity index (χ0v) is 18.4. The van der Waals surface area contributed by atoms with Crippen molar-refractivity contribution in [1.29, 1.82) is 0 Å². The molecule has 4 heteroatoms. The van der Waals surface area contributed by atoms with E-state index in [1.54, 1.807) is 0 Å². The summed E-state index contributed by atoms with van der Waals surface area (Å²) in [6, 6.07) is 16.7. The van der Waals surface area contributed by atoms with Gasteiger partial charge in [-0.3, -0.25) is 9.69 Å². The lowest BCUT2D eigenvalue weighted by atomic mass is 9.83. The van der Waals surface area contributed by atoms with E-state index in [1.165, 1.54) is 11.1 Å². The number of hydrogen-bond donors (Lipinski definition) is 0. The van der Waals surface area contributed by atoms with Crippen molar-refractivity contribution in [2.75, 3.05) is 45.3 Å². The molecule has 4 nitrogen and oxygen atoms in total. The van der Waals surface area contributed by atoms with Crippen LogP contribution < -0.4 is 4.90 Å². The maximum atomic E-state index is 13.5. The van der Waals surface area contributed by atoms with Gasteiger partial charge in [-0.05, 0) is 68.8 Å². The third-order valence-corrected chi connectivity index (χ3v) is 6.18. The molecule has 0 amide bonds. The molecule has 0 aromatic heterocycles. The number of hydrogen-bond acceptors (Lipinski definition) is 4. The van der Waals surface area contributed by atoms with Gasteiger partial charge in [0, 0.05) is 24.3 Å². The van der Waals surface area contributed by atoms with Gasteiger partial charge in [0.05, 0.1) is 18.8 Å². The number of carbonyl (C=O) groups is 1. The van der Waals surface area contributed by atoms with E-state index in [0.717, 1.165) is 37.6 Å². The maximum absolute atomic E-state index is 13.5. The molecule has 2 aromatic carbocycles. The highest BCUT2D eigenvalue weighted by Crippen LogP contribution is 2.26. The van der Waals surface area contributed by atoms with Crippen LogP contribution in [0.2, 0.25) is 0 Å². The van der Waals surface area contributed by atoms with Gasteiger partial charge < -0.3 is 9.64 Å². The molecule has 0 radical (unpaired) electrons. The number of likely N-dealkylation sites (N-methyl/N-ethyl adjacent to an activating group) is 1. The number of benzene rings is 2. The molecule has 3 rings (SSSR count). The summed E-state index contributed by atoms with van der Waals surface area (Å²) in [4.78, 5) is 17.8. The fraction of sp³-hybridized carbons (Fsp3) is 0.480. The number of rotatable bonds is 7. The highest BCUT2D eigenvalue weighted by molar-refractivity contribution is 6.03. The number of carbonyl (C=O) groups excluding carboxylic acids is 1. The molecule has 1 fully saturated rings. The Hall–Kier alpha value is -2.17. The second-order valence-corrected chi connectivity index (χ2v) is 8.72. The van der Waals surface area contributed by atoms with Crippen LogP contribution in [0.15, 0.2) is 48.5 Å². The summed E-state index contributed by atoms with van der Waals surface area (Å²) in [5.74, 6) is 0.667. The lowest BCUT2D eigenvalue weighted by Gasteiger charge is -2.35. The maximum Gasteiger partial charge on any atom is 0.183 e. The van der Waals surface area contributed by atoms with Gasteiger partial charge >= 0.3 is 0 Å². The van der Waals surface area contributed by atoms with E-state index < -0.39 is 5.54 Å². The summed E-state index contributed by atoms with van der Waals surface area (Å²) in [6.07, 6.45) is 0.683. The minimum Gasteiger partial charge on any atom is -0.378 e. The van der Waals surface area contributed by atoms with Crippen LogP contribution in [0.4, 0.5) is 5.69 Å². The van der Waals surface area contributed by atoms with Gasteiger partial charge in [-0.15, -0.1) is 0 Å². The molecular weight excluding hydrogens is 360 g/mol. The second-order valence-electron chi connectivity index (χ2n) is 8.72. The summed E-state index contributed by atoms with van der Waals surface area (Å²) in [5, 5.41) is 0. The van der Waals surface area contributed by atoms with Crippen molar-refractivity contribution in [2.45, 2.75) is 38.6 Å². The van der Waals surface area contributed by atoms with Gasteiger partial charge in [-0.1, -0.05) is 38.1 Å². The SMILES string of the molecule is CC(C)c1ccc(CC(C)(C(=O)c2ccc(N3CCOCC3)cc2)N(C)C)cc1. The Morgan fingerprint density at radius 1 is 1.03 bits per heavy atom. The topological polar surface area (TPSA) is 32.8 Å².